The zero-order valence-corrected chi connectivity index (χ0v) is 7.23. The molecule has 0 spiro atoms. The van der Waals surface area contributed by atoms with E-state index in [1.54, 1.807) is 6.33 Å². The molecule has 0 fully saturated rings. The SMILES string of the molecule is CC(C)c1ncnc2cccn12. The summed E-state index contributed by atoms with van der Waals surface area (Å²) in [5.74, 6) is 1.49. The third-order valence-electron chi connectivity index (χ3n) is 1.87. The number of hydrogen-bond donors (Lipinski definition) is 0. The molecule has 0 atom stereocenters. The summed E-state index contributed by atoms with van der Waals surface area (Å²) in [6.07, 6.45) is 3.61. The predicted molar refractivity (Wildman–Crippen MR) is 47.1 cm³/mol. The first-order chi connectivity index (χ1) is 5.79. The minimum atomic E-state index is 0.433. The minimum Gasteiger partial charge on any atom is -0.289 e. The van der Waals surface area contributed by atoms with Gasteiger partial charge in [-0.25, -0.2) is 9.97 Å². The van der Waals surface area contributed by atoms with E-state index < -0.39 is 0 Å². The molecule has 0 saturated heterocycles. The third kappa shape index (κ3) is 0.978. The summed E-state index contributed by atoms with van der Waals surface area (Å²) >= 11 is 0. The van der Waals surface area contributed by atoms with Crippen LogP contribution in [0.3, 0.4) is 0 Å². The van der Waals surface area contributed by atoms with E-state index in [4.69, 9.17) is 0 Å². The molecular weight excluding hydrogens is 150 g/mol. The van der Waals surface area contributed by atoms with Gasteiger partial charge in [-0.2, -0.15) is 0 Å². The molecule has 0 bridgehead atoms. The lowest BCUT2D eigenvalue weighted by Crippen LogP contribution is -2.02. The highest BCUT2D eigenvalue weighted by molar-refractivity contribution is 5.38. The quantitative estimate of drug-likeness (QED) is 0.639. The predicted octanol–water partition coefficient (Wildman–Crippen LogP) is 1.85. The second kappa shape index (κ2) is 2.59. The molecule has 0 unspecified atom stereocenters. The molecule has 2 heterocycles. The number of fused-ring (bicyclic) bond motifs is 1. The Bertz CT molecular complexity index is 389. The molecule has 0 aliphatic rings. The Morgan fingerprint density at radius 1 is 1.33 bits per heavy atom. The van der Waals surface area contributed by atoms with Crippen LogP contribution in [0, 0.1) is 0 Å². The summed E-state index contributed by atoms with van der Waals surface area (Å²) < 4.78 is 2.02. The van der Waals surface area contributed by atoms with E-state index in [0.717, 1.165) is 11.5 Å². The van der Waals surface area contributed by atoms with Crippen molar-refractivity contribution in [1.29, 1.82) is 0 Å². The zero-order chi connectivity index (χ0) is 8.55. The average Bonchev–Trinajstić information content (AvgIpc) is 2.49. The van der Waals surface area contributed by atoms with Gasteiger partial charge in [0, 0.05) is 12.1 Å². The third-order valence-corrected chi connectivity index (χ3v) is 1.87. The molecule has 2 rings (SSSR count). The van der Waals surface area contributed by atoms with E-state index in [0.29, 0.717) is 5.92 Å². The van der Waals surface area contributed by atoms with Gasteiger partial charge in [-0.05, 0) is 12.1 Å². The molecule has 12 heavy (non-hydrogen) atoms. The first kappa shape index (κ1) is 7.28. The van der Waals surface area contributed by atoms with E-state index in [9.17, 15) is 0 Å². The van der Waals surface area contributed by atoms with Crippen molar-refractivity contribution in [1.82, 2.24) is 14.4 Å². The lowest BCUT2D eigenvalue weighted by atomic mass is 10.2. The highest BCUT2D eigenvalue weighted by Gasteiger charge is 2.04. The van der Waals surface area contributed by atoms with Crippen molar-refractivity contribution in [3.05, 3.63) is 30.5 Å². The lowest BCUT2D eigenvalue weighted by Gasteiger charge is -2.06. The number of hydrogen-bond acceptors (Lipinski definition) is 2. The van der Waals surface area contributed by atoms with Crippen molar-refractivity contribution in [2.75, 3.05) is 0 Å². The molecule has 3 heteroatoms. The molecule has 0 amide bonds. The Hall–Kier alpha value is -1.38. The molecular formula is C9H11N3. The molecule has 2 aromatic heterocycles. The summed E-state index contributed by atoms with van der Waals surface area (Å²) in [4.78, 5) is 8.37. The lowest BCUT2D eigenvalue weighted by molar-refractivity contribution is 0.743. The molecule has 0 aliphatic carbocycles. The van der Waals surface area contributed by atoms with Gasteiger partial charge in [0.1, 0.15) is 17.8 Å². The van der Waals surface area contributed by atoms with Crippen molar-refractivity contribution in [3.63, 3.8) is 0 Å². The monoisotopic (exact) mass is 161 g/mol. The van der Waals surface area contributed by atoms with E-state index >= 15 is 0 Å². The van der Waals surface area contributed by atoms with Gasteiger partial charge in [-0.1, -0.05) is 13.8 Å². The van der Waals surface area contributed by atoms with Crippen LogP contribution in [0.1, 0.15) is 25.6 Å². The molecule has 0 aromatic carbocycles. The van der Waals surface area contributed by atoms with Crippen molar-refractivity contribution in [3.8, 4) is 0 Å². The maximum absolute atomic E-state index is 4.23. The average molecular weight is 161 g/mol. The molecule has 3 nitrogen and oxygen atoms in total. The number of nitrogens with zero attached hydrogens (tertiary/aromatic N) is 3. The van der Waals surface area contributed by atoms with Crippen LogP contribution >= 0.6 is 0 Å². The van der Waals surface area contributed by atoms with Gasteiger partial charge < -0.3 is 0 Å². The Morgan fingerprint density at radius 3 is 2.92 bits per heavy atom. The first-order valence-corrected chi connectivity index (χ1v) is 4.07. The number of aromatic nitrogens is 3. The highest BCUT2D eigenvalue weighted by atomic mass is 15.1. The van der Waals surface area contributed by atoms with Crippen LogP contribution in [0.15, 0.2) is 24.7 Å². The maximum atomic E-state index is 4.23. The van der Waals surface area contributed by atoms with Gasteiger partial charge in [0.2, 0.25) is 0 Å². The topological polar surface area (TPSA) is 30.2 Å². The minimum absolute atomic E-state index is 0.433. The molecule has 0 radical (unpaired) electrons. The van der Waals surface area contributed by atoms with Crippen molar-refractivity contribution in [2.45, 2.75) is 19.8 Å². The smallest absolute Gasteiger partial charge is 0.139 e. The van der Waals surface area contributed by atoms with Crippen LogP contribution in [0.2, 0.25) is 0 Å². The fourth-order valence-electron chi connectivity index (χ4n) is 1.31. The van der Waals surface area contributed by atoms with Crippen LogP contribution in [-0.2, 0) is 0 Å². The van der Waals surface area contributed by atoms with Crippen molar-refractivity contribution < 1.29 is 0 Å². The van der Waals surface area contributed by atoms with E-state index in [1.807, 2.05) is 22.7 Å². The van der Waals surface area contributed by atoms with Crippen LogP contribution in [0.4, 0.5) is 0 Å². The molecule has 2 aromatic rings. The van der Waals surface area contributed by atoms with Gasteiger partial charge in [0.25, 0.3) is 0 Å². The fraction of sp³-hybridized carbons (Fsp3) is 0.333. The Labute approximate surface area is 71.1 Å². The van der Waals surface area contributed by atoms with Gasteiger partial charge in [0.05, 0.1) is 0 Å². The summed E-state index contributed by atoms with van der Waals surface area (Å²) in [6.45, 7) is 4.25. The van der Waals surface area contributed by atoms with E-state index in [2.05, 4.69) is 23.8 Å². The summed E-state index contributed by atoms with van der Waals surface area (Å²) in [7, 11) is 0. The van der Waals surface area contributed by atoms with E-state index in [1.165, 1.54) is 0 Å². The standard InChI is InChI=1S/C9H11N3/c1-7(2)9-11-6-10-8-4-3-5-12(8)9/h3-7H,1-2H3. The Morgan fingerprint density at radius 2 is 2.17 bits per heavy atom. The highest BCUT2D eigenvalue weighted by Crippen LogP contribution is 2.12. The first-order valence-electron chi connectivity index (χ1n) is 4.07. The molecule has 0 aliphatic heterocycles. The van der Waals surface area contributed by atoms with Gasteiger partial charge >= 0.3 is 0 Å². The van der Waals surface area contributed by atoms with Gasteiger partial charge in [-0.3, -0.25) is 4.40 Å². The number of rotatable bonds is 1. The zero-order valence-electron chi connectivity index (χ0n) is 7.23. The summed E-state index contributed by atoms with van der Waals surface area (Å²) in [5, 5.41) is 0. The molecule has 0 saturated carbocycles. The molecule has 62 valence electrons. The maximum Gasteiger partial charge on any atom is 0.139 e. The fourth-order valence-corrected chi connectivity index (χ4v) is 1.31. The van der Waals surface area contributed by atoms with Crippen LogP contribution in [0.25, 0.3) is 5.65 Å². The van der Waals surface area contributed by atoms with Crippen molar-refractivity contribution in [2.24, 2.45) is 0 Å². The summed E-state index contributed by atoms with van der Waals surface area (Å²) in [6, 6.07) is 3.96. The van der Waals surface area contributed by atoms with Gasteiger partial charge in [0.15, 0.2) is 0 Å². The van der Waals surface area contributed by atoms with Crippen LogP contribution in [0.5, 0.6) is 0 Å². The van der Waals surface area contributed by atoms with E-state index in [-0.39, 0.29) is 0 Å². The Balaban J connectivity index is 2.73. The van der Waals surface area contributed by atoms with Gasteiger partial charge in [-0.15, -0.1) is 0 Å². The van der Waals surface area contributed by atoms with Crippen LogP contribution in [-0.4, -0.2) is 14.4 Å². The molecule has 0 N–H and O–H groups in total. The Kier molecular flexibility index (Phi) is 1.57. The largest absolute Gasteiger partial charge is 0.289 e. The summed E-state index contributed by atoms with van der Waals surface area (Å²) in [5.41, 5.74) is 0.966. The second-order valence-corrected chi connectivity index (χ2v) is 3.12. The van der Waals surface area contributed by atoms with Crippen LogP contribution < -0.4 is 0 Å². The normalized spacial score (nSPS) is 11.2. The second-order valence-electron chi connectivity index (χ2n) is 3.12. The van der Waals surface area contributed by atoms with Crippen molar-refractivity contribution >= 4 is 5.65 Å².